The van der Waals surface area contributed by atoms with Gasteiger partial charge in [-0.15, -0.1) is 0 Å². The highest BCUT2D eigenvalue weighted by atomic mass is 35.5. The SMILES string of the molecule is COC(=O)c1cc(NC(=O)COc2ccc([N+](=O)[O-])cc2Cl)cc(C(=O)OC)c1. The van der Waals surface area contributed by atoms with Crippen molar-refractivity contribution in [2.24, 2.45) is 0 Å². The van der Waals surface area contributed by atoms with Crippen LogP contribution in [-0.2, 0) is 14.3 Å². The van der Waals surface area contributed by atoms with Gasteiger partial charge in [0.1, 0.15) is 5.75 Å². The zero-order chi connectivity index (χ0) is 21.6. The maximum Gasteiger partial charge on any atom is 0.337 e. The van der Waals surface area contributed by atoms with Crippen LogP contribution in [0.5, 0.6) is 5.75 Å². The number of nitro groups is 1. The molecule has 0 radical (unpaired) electrons. The molecule has 0 aliphatic rings. The average Bonchev–Trinajstić information content (AvgIpc) is 2.71. The molecule has 1 amide bonds. The lowest BCUT2D eigenvalue weighted by Crippen LogP contribution is -2.21. The molecule has 1 N–H and O–H groups in total. The van der Waals surface area contributed by atoms with E-state index in [1.165, 1.54) is 44.6 Å². The smallest absolute Gasteiger partial charge is 0.337 e. The Labute approximate surface area is 169 Å². The average molecular weight is 423 g/mol. The first-order valence-electron chi connectivity index (χ1n) is 7.93. The van der Waals surface area contributed by atoms with Crippen molar-refractivity contribution in [3.8, 4) is 5.75 Å². The van der Waals surface area contributed by atoms with Gasteiger partial charge >= 0.3 is 11.9 Å². The highest BCUT2D eigenvalue weighted by Crippen LogP contribution is 2.28. The number of carbonyl (C=O) groups is 3. The normalized spacial score (nSPS) is 10.0. The fourth-order valence-corrected chi connectivity index (χ4v) is 2.46. The summed E-state index contributed by atoms with van der Waals surface area (Å²) in [5, 5.41) is 13.1. The molecule has 0 aliphatic carbocycles. The largest absolute Gasteiger partial charge is 0.482 e. The number of nitrogens with one attached hydrogen (secondary N) is 1. The third kappa shape index (κ3) is 5.66. The van der Waals surface area contributed by atoms with Gasteiger partial charge in [-0.3, -0.25) is 14.9 Å². The highest BCUT2D eigenvalue weighted by Gasteiger charge is 2.16. The van der Waals surface area contributed by atoms with Gasteiger partial charge < -0.3 is 19.5 Å². The van der Waals surface area contributed by atoms with Crippen LogP contribution in [0.3, 0.4) is 0 Å². The Hall–Kier alpha value is -3.66. The number of hydrogen-bond acceptors (Lipinski definition) is 8. The van der Waals surface area contributed by atoms with Gasteiger partial charge in [-0.05, 0) is 24.3 Å². The highest BCUT2D eigenvalue weighted by molar-refractivity contribution is 6.32. The molecule has 2 aromatic carbocycles. The van der Waals surface area contributed by atoms with E-state index in [0.717, 1.165) is 6.07 Å². The summed E-state index contributed by atoms with van der Waals surface area (Å²) in [5.74, 6) is -1.97. The van der Waals surface area contributed by atoms with Gasteiger partial charge in [-0.1, -0.05) is 11.6 Å². The first kappa shape index (κ1) is 21.6. The molecule has 0 unspecified atom stereocenters. The minimum absolute atomic E-state index is 0.0324. The fraction of sp³-hybridized carbons (Fsp3) is 0.167. The minimum Gasteiger partial charge on any atom is -0.482 e. The summed E-state index contributed by atoms with van der Waals surface area (Å²) in [6.45, 7) is -0.479. The monoisotopic (exact) mass is 422 g/mol. The maximum atomic E-state index is 12.2. The van der Waals surface area contributed by atoms with Crippen molar-refractivity contribution < 1.29 is 33.5 Å². The first-order chi connectivity index (χ1) is 13.7. The zero-order valence-electron chi connectivity index (χ0n) is 15.3. The van der Waals surface area contributed by atoms with Crippen LogP contribution >= 0.6 is 11.6 Å². The quantitative estimate of drug-likeness (QED) is 0.409. The van der Waals surface area contributed by atoms with E-state index in [9.17, 15) is 24.5 Å². The predicted octanol–water partition coefficient (Wildman–Crippen LogP) is 2.84. The number of ether oxygens (including phenoxy) is 3. The molecule has 0 aromatic heterocycles. The number of esters is 2. The van der Waals surface area contributed by atoms with Gasteiger partial charge in [0.2, 0.25) is 0 Å². The molecule has 0 fully saturated rings. The van der Waals surface area contributed by atoms with Crippen molar-refractivity contribution >= 4 is 40.8 Å². The number of anilines is 1. The third-order valence-electron chi connectivity index (χ3n) is 3.54. The molecule has 0 saturated carbocycles. The van der Waals surface area contributed by atoms with E-state index in [1.807, 2.05) is 0 Å². The minimum atomic E-state index is -0.708. The Morgan fingerprint density at radius 3 is 2.10 bits per heavy atom. The van der Waals surface area contributed by atoms with Crippen molar-refractivity contribution in [3.63, 3.8) is 0 Å². The van der Waals surface area contributed by atoms with Crippen molar-refractivity contribution in [3.05, 3.63) is 62.7 Å². The van der Waals surface area contributed by atoms with Gasteiger partial charge in [-0.25, -0.2) is 9.59 Å². The van der Waals surface area contributed by atoms with Gasteiger partial charge in [0, 0.05) is 17.8 Å². The standard InChI is InChI=1S/C18H15ClN2O8/c1-27-17(23)10-5-11(18(24)28-2)7-12(6-10)20-16(22)9-29-15-4-3-13(21(25)26)8-14(15)19/h3-8H,9H2,1-2H3,(H,20,22). The third-order valence-corrected chi connectivity index (χ3v) is 3.84. The Kier molecular flexibility index (Phi) is 7.10. The number of methoxy groups -OCH3 is 2. The molecular formula is C18H15ClN2O8. The Morgan fingerprint density at radius 2 is 1.62 bits per heavy atom. The lowest BCUT2D eigenvalue weighted by Gasteiger charge is -2.11. The van der Waals surface area contributed by atoms with Crippen LogP contribution in [0.2, 0.25) is 5.02 Å². The number of carbonyl (C=O) groups excluding carboxylic acids is 3. The summed E-state index contributed by atoms with van der Waals surface area (Å²) in [6.07, 6.45) is 0. The van der Waals surface area contributed by atoms with Crippen LogP contribution in [0, 0.1) is 10.1 Å². The van der Waals surface area contributed by atoms with E-state index in [2.05, 4.69) is 14.8 Å². The van der Waals surface area contributed by atoms with Crippen molar-refractivity contribution in [1.29, 1.82) is 0 Å². The summed E-state index contributed by atoms with van der Waals surface area (Å²) in [7, 11) is 2.35. The number of non-ortho nitro benzene ring substituents is 1. The number of nitrogens with zero attached hydrogens (tertiary/aromatic N) is 1. The number of amides is 1. The predicted molar refractivity (Wildman–Crippen MR) is 101 cm³/mol. The molecule has 0 spiro atoms. The van der Waals surface area contributed by atoms with Crippen LogP contribution in [0.1, 0.15) is 20.7 Å². The number of halogens is 1. The van der Waals surface area contributed by atoms with Crippen LogP contribution < -0.4 is 10.1 Å². The molecule has 2 aromatic rings. The van der Waals surface area contributed by atoms with Gasteiger partial charge in [-0.2, -0.15) is 0 Å². The fourth-order valence-electron chi connectivity index (χ4n) is 2.23. The van der Waals surface area contributed by atoms with Gasteiger partial charge in [0.15, 0.2) is 6.61 Å². The van der Waals surface area contributed by atoms with Crippen LogP contribution in [-0.4, -0.2) is 43.6 Å². The van der Waals surface area contributed by atoms with Crippen molar-refractivity contribution in [2.45, 2.75) is 0 Å². The second-order valence-corrected chi connectivity index (χ2v) is 5.90. The molecule has 29 heavy (non-hydrogen) atoms. The molecule has 2 rings (SSSR count). The summed E-state index contributed by atoms with van der Waals surface area (Å²) < 4.78 is 14.5. The second kappa shape index (κ2) is 9.51. The molecule has 0 aliphatic heterocycles. The second-order valence-electron chi connectivity index (χ2n) is 5.49. The Bertz CT molecular complexity index is 942. The zero-order valence-corrected chi connectivity index (χ0v) is 16.0. The number of hydrogen-bond donors (Lipinski definition) is 1. The van der Waals surface area contributed by atoms with Crippen LogP contribution in [0.25, 0.3) is 0 Å². The van der Waals surface area contributed by atoms with E-state index in [-0.39, 0.29) is 33.3 Å². The molecule has 11 heteroatoms. The topological polar surface area (TPSA) is 134 Å². The summed E-state index contributed by atoms with van der Waals surface area (Å²) in [5.41, 5.74) is -0.0199. The summed E-state index contributed by atoms with van der Waals surface area (Å²) in [4.78, 5) is 45.8. The van der Waals surface area contributed by atoms with E-state index in [0.29, 0.717) is 0 Å². The first-order valence-corrected chi connectivity index (χ1v) is 8.31. The molecule has 0 atom stereocenters. The molecule has 0 heterocycles. The number of benzene rings is 2. The molecule has 152 valence electrons. The Morgan fingerprint density at radius 1 is 1.03 bits per heavy atom. The number of nitro benzene ring substituents is 1. The van der Waals surface area contributed by atoms with E-state index < -0.39 is 29.4 Å². The van der Waals surface area contributed by atoms with Crippen LogP contribution in [0.15, 0.2) is 36.4 Å². The van der Waals surface area contributed by atoms with Crippen molar-refractivity contribution in [1.82, 2.24) is 0 Å². The molecular weight excluding hydrogens is 408 g/mol. The van der Waals surface area contributed by atoms with Crippen molar-refractivity contribution in [2.75, 3.05) is 26.1 Å². The molecule has 0 bridgehead atoms. The summed E-state index contributed by atoms with van der Waals surface area (Å²) >= 11 is 5.90. The van der Waals surface area contributed by atoms with Gasteiger partial charge in [0.25, 0.3) is 11.6 Å². The van der Waals surface area contributed by atoms with E-state index in [1.54, 1.807) is 0 Å². The molecule has 10 nitrogen and oxygen atoms in total. The summed E-state index contributed by atoms with van der Waals surface area (Å²) in [6, 6.07) is 7.43. The van der Waals surface area contributed by atoms with E-state index in [4.69, 9.17) is 16.3 Å². The molecule has 0 saturated heterocycles. The van der Waals surface area contributed by atoms with Gasteiger partial charge in [0.05, 0.1) is 35.3 Å². The Balaban J connectivity index is 2.12. The maximum absolute atomic E-state index is 12.2. The number of rotatable bonds is 7. The van der Waals surface area contributed by atoms with Crippen LogP contribution in [0.4, 0.5) is 11.4 Å². The van der Waals surface area contributed by atoms with E-state index >= 15 is 0 Å². The lowest BCUT2D eigenvalue weighted by molar-refractivity contribution is -0.384. The lowest BCUT2D eigenvalue weighted by atomic mass is 10.1.